The lowest BCUT2D eigenvalue weighted by Gasteiger charge is -2.15. The van der Waals surface area contributed by atoms with Crippen molar-refractivity contribution in [2.45, 2.75) is 12.0 Å². The minimum Gasteiger partial charge on any atom is -0.430 e. The first kappa shape index (κ1) is 8.16. The highest BCUT2D eigenvalue weighted by molar-refractivity contribution is 5.62. The smallest absolute Gasteiger partial charge is 0.430 e. The Hall–Kier alpha value is -0.940. The van der Waals surface area contributed by atoms with Gasteiger partial charge in [-0.15, -0.1) is 0 Å². The van der Waals surface area contributed by atoms with E-state index < -0.39 is 31.5 Å². The fourth-order valence-corrected chi connectivity index (χ4v) is 0.622. The monoisotopic (exact) mass is 170 g/mol. The van der Waals surface area contributed by atoms with Crippen LogP contribution in [-0.2, 0) is 9.47 Å². The molecule has 0 radical (unpaired) electrons. The van der Waals surface area contributed by atoms with Crippen molar-refractivity contribution in [1.29, 1.82) is 0 Å². The van der Waals surface area contributed by atoms with Gasteiger partial charge in [0.05, 0.1) is 0 Å². The average Bonchev–Trinajstić information content (AvgIpc) is 2.36. The van der Waals surface area contributed by atoms with Gasteiger partial charge in [-0.05, 0) is 0 Å². The van der Waals surface area contributed by atoms with Crippen molar-refractivity contribution in [3.63, 3.8) is 0 Å². The van der Waals surface area contributed by atoms with Crippen LogP contribution >= 0.6 is 0 Å². The Morgan fingerprint density at radius 1 is 1.64 bits per heavy atom. The van der Waals surface area contributed by atoms with Gasteiger partial charge in [-0.3, -0.25) is 0 Å². The molecule has 1 unspecified atom stereocenters. The molecule has 1 fully saturated rings. The van der Waals surface area contributed by atoms with Crippen molar-refractivity contribution in [3.8, 4) is 0 Å². The summed E-state index contributed by atoms with van der Waals surface area (Å²) >= 11 is 0. The Labute approximate surface area is 60.1 Å². The van der Waals surface area contributed by atoms with E-state index in [0.717, 1.165) is 0 Å². The fraction of sp³-hybridized carbons (Fsp3) is 0.800. The summed E-state index contributed by atoms with van der Waals surface area (Å²) in [5, 5.41) is 0. The van der Waals surface area contributed by atoms with Gasteiger partial charge in [0.15, 0.2) is 6.67 Å². The standard InChI is InChI=1S/C5H5F3O3/c6-2-5(7,8)3-1-10-4(9)11-3/h3H,1-2H2. The van der Waals surface area contributed by atoms with Gasteiger partial charge in [-0.2, -0.15) is 8.78 Å². The van der Waals surface area contributed by atoms with Crippen molar-refractivity contribution in [2.24, 2.45) is 0 Å². The first-order valence-corrected chi connectivity index (χ1v) is 2.83. The first-order chi connectivity index (χ1) is 5.06. The summed E-state index contributed by atoms with van der Waals surface area (Å²) in [4.78, 5) is 10.1. The van der Waals surface area contributed by atoms with Crippen molar-refractivity contribution >= 4 is 6.16 Å². The Balaban J connectivity index is 2.55. The predicted octanol–water partition coefficient (Wildman–Crippen LogP) is 1.13. The summed E-state index contributed by atoms with van der Waals surface area (Å²) in [6, 6.07) is 0. The molecule has 1 atom stereocenters. The van der Waals surface area contributed by atoms with Crippen molar-refractivity contribution in [3.05, 3.63) is 0 Å². The zero-order valence-electron chi connectivity index (χ0n) is 5.35. The zero-order chi connectivity index (χ0) is 8.48. The Morgan fingerprint density at radius 3 is 2.64 bits per heavy atom. The maximum absolute atomic E-state index is 12.3. The van der Waals surface area contributed by atoms with Gasteiger partial charge in [0.2, 0.25) is 6.10 Å². The van der Waals surface area contributed by atoms with Gasteiger partial charge in [0, 0.05) is 0 Å². The second-order valence-corrected chi connectivity index (χ2v) is 2.06. The number of hydrogen-bond acceptors (Lipinski definition) is 3. The largest absolute Gasteiger partial charge is 0.509 e. The third-order valence-corrected chi connectivity index (χ3v) is 1.24. The molecular weight excluding hydrogens is 165 g/mol. The van der Waals surface area contributed by atoms with Crippen LogP contribution in [0.3, 0.4) is 0 Å². The molecule has 1 saturated heterocycles. The van der Waals surface area contributed by atoms with Gasteiger partial charge < -0.3 is 9.47 Å². The third-order valence-electron chi connectivity index (χ3n) is 1.24. The number of ether oxygens (including phenoxy) is 2. The second-order valence-electron chi connectivity index (χ2n) is 2.06. The Morgan fingerprint density at radius 2 is 2.27 bits per heavy atom. The van der Waals surface area contributed by atoms with Crippen LogP contribution in [0.15, 0.2) is 0 Å². The fourth-order valence-electron chi connectivity index (χ4n) is 0.622. The van der Waals surface area contributed by atoms with Crippen LogP contribution in [0.1, 0.15) is 0 Å². The van der Waals surface area contributed by atoms with Crippen molar-refractivity contribution < 1.29 is 27.4 Å². The van der Waals surface area contributed by atoms with Gasteiger partial charge in [0.1, 0.15) is 6.61 Å². The van der Waals surface area contributed by atoms with Gasteiger partial charge >= 0.3 is 12.1 Å². The molecule has 0 aromatic rings. The molecule has 3 nitrogen and oxygen atoms in total. The maximum Gasteiger partial charge on any atom is 0.509 e. The lowest BCUT2D eigenvalue weighted by atomic mass is 10.2. The van der Waals surface area contributed by atoms with E-state index in [0.29, 0.717) is 0 Å². The lowest BCUT2D eigenvalue weighted by molar-refractivity contribution is -0.107. The van der Waals surface area contributed by atoms with Gasteiger partial charge in [-0.25, -0.2) is 9.18 Å². The highest BCUT2D eigenvalue weighted by Gasteiger charge is 2.47. The summed E-state index contributed by atoms with van der Waals surface area (Å²) in [5.74, 6) is -3.63. The molecule has 0 amide bonds. The SMILES string of the molecule is O=C1OCC(C(F)(F)CF)O1. The summed E-state index contributed by atoms with van der Waals surface area (Å²) < 4.78 is 44.2. The van der Waals surface area contributed by atoms with E-state index in [-0.39, 0.29) is 0 Å². The van der Waals surface area contributed by atoms with E-state index in [2.05, 4.69) is 9.47 Å². The maximum atomic E-state index is 12.3. The van der Waals surface area contributed by atoms with Crippen LogP contribution in [0.2, 0.25) is 0 Å². The van der Waals surface area contributed by atoms with E-state index in [4.69, 9.17) is 0 Å². The first-order valence-electron chi connectivity index (χ1n) is 2.83. The van der Waals surface area contributed by atoms with Crippen LogP contribution in [0.4, 0.5) is 18.0 Å². The zero-order valence-corrected chi connectivity index (χ0v) is 5.35. The number of carbonyl (C=O) groups excluding carboxylic acids is 1. The van der Waals surface area contributed by atoms with E-state index in [1.165, 1.54) is 0 Å². The van der Waals surface area contributed by atoms with Crippen LogP contribution in [0, 0.1) is 0 Å². The summed E-state index contributed by atoms with van der Waals surface area (Å²) in [6.07, 6.45) is -2.96. The molecule has 64 valence electrons. The highest BCUT2D eigenvalue weighted by atomic mass is 19.3. The number of rotatable bonds is 2. The quantitative estimate of drug-likeness (QED) is 0.582. The van der Waals surface area contributed by atoms with Crippen LogP contribution in [-0.4, -0.2) is 31.5 Å². The third kappa shape index (κ3) is 1.55. The van der Waals surface area contributed by atoms with Gasteiger partial charge in [-0.1, -0.05) is 0 Å². The highest BCUT2D eigenvalue weighted by Crippen LogP contribution is 2.25. The molecule has 1 rings (SSSR count). The van der Waals surface area contributed by atoms with E-state index in [1.807, 2.05) is 0 Å². The van der Waals surface area contributed by atoms with Crippen molar-refractivity contribution in [1.82, 2.24) is 0 Å². The summed E-state index contributed by atoms with van der Waals surface area (Å²) in [7, 11) is 0. The summed E-state index contributed by atoms with van der Waals surface area (Å²) in [5.41, 5.74) is 0. The Bertz CT molecular complexity index is 170. The second kappa shape index (κ2) is 2.60. The topological polar surface area (TPSA) is 35.5 Å². The number of carbonyl (C=O) groups is 1. The molecule has 6 heteroatoms. The average molecular weight is 170 g/mol. The minimum atomic E-state index is -3.63. The normalized spacial score (nSPS) is 24.6. The van der Waals surface area contributed by atoms with E-state index >= 15 is 0 Å². The van der Waals surface area contributed by atoms with E-state index in [9.17, 15) is 18.0 Å². The lowest BCUT2D eigenvalue weighted by Crippen LogP contribution is -2.37. The molecule has 0 N–H and O–H groups in total. The minimum absolute atomic E-state index is 0.588. The number of halogens is 3. The molecule has 0 aromatic heterocycles. The predicted molar refractivity (Wildman–Crippen MR) is 27.1 cm³/mol. The molecule has 0 aliphatic carbocycles. The van der Waals surface area contributed by atoms with E-state index in [1.54, 1.807) is 0 Å². The molecule has 11 heavy (non-hydrogen) atoms. The molecule has 0 bridgehead atoms. The molecule has 0 saturated carbocycles. The number of alkyl halides is 3. The summed E-state index contributed by atoms with van der Waals surface area (Å²) in [6.45, 7) is -2.44. The number of cyclic esters (lactones) is 2. The molecule has 0 spiro atoms. The van der Waals surface area contributed by atoms with Crippen LogP contribution in [0.5, 0.6) is 0 Å². The molecule has 1 aliphatic heterocycles. The molecular formula is C5H5F3O3. The molecule has 1 heterocycles. The molecule has 1 aliphatic rings. The Kier molecular flexibility index (Phi) is 1.92. The van der Waals surface area contributed by atoms with Gasteiger partial charge in [0.25, 0.3) is 0 Å². The van der Waals surface area contributed by atoms with Crippen LogP contribution in [0.25, 0.3) is 0 Å². The van der Waals surface area contributed by atoms with Crippen LogP contribution < -0.4 is 0 Å². The number of hydrogen-bond donors (Lipinski definition) is 0. The van der Waals surface area contributed by atoms with Crippen molar-refractivity contribution in [2.75, 3.05) is 13.3 Å². The molecule has 0 aromatic carbocycles.